The van der Waals surface area contributed by atoms with Crippen molar-refractivity contribution in [1.82, 2.24) is 10.2 Å². The van der Waals surface area contributed by atoms with Crippen molar-refractivity contribution in [3.05, 3.63) is 35.6 Å². The number of likely N-dealkylation sites (N-methyl/N-ethyl adjacent to an activating group) is 1. The molecule has 0 bridgehead atoms. The highest BCUT2D eigenvalue weighted by Crippen LogP contribution is 2.17. The van der Waals surface area contributed by atoms with E-state index >= 15 is 0 Å². The van der Waals surface area contributed by atoms with E-state index in [-0.39, 0.29) is 11.9 Å². The number of hydrogen-bond donors (Lipinski definition) is 2. The van der Waals surface area contributed by atoms with E-state index < -0.39 is 0 Å². The Labute approximate surface area is 120 Å². The zero-order valence-electron chi connectivity index (χ0n) is 12.7. The van der Waals surface area contributed by atoms with Gasteiger partial charge in [-0.3, -0.25) is 4.99 Å². The summed E-state index contributed by atoms with van der Waals surface area (Å²) in [6.45, 7) is 5.53. The van der Waals surface area contributed by atoms with Crippen LogP contribution in [0.25, 0.3) is 0 Å². The summed E-state index contributed by atoms with van der Waals surface area (Å²) >= 11 is 0. The van der Waals surface area contributed by atoms with Gasteiger partial charge in [0.25, 0.3) is 0 Å². The normalized spacial score (nSPS) is 13.8. The molecule has 0 aromatic heterocycles. The molecular weight excluding hydrogens is 255 g/mol. The Morgan fingerprint density at radius 2 is 1.90 bits per heavy atom. The molecule has 1 unspecified atom stereocenters. The molecule has 0 radical (unpaired) electrons. The maximum atomic E-state index is 13.0. The van der Waals surface area contributed by atoms with Crippen molar-refractivity contribution in [3.63, 3.8) is 0 Å². The van der Waals surface area contributed by atoms with E-state index in [0.29, 0.717) is 25.0 Å². The quantitative estimate of drug-likeness (QED) is 0.619. The van der Waals surface area contributed by atoms with Crippen LogP contribution in [0.5, 0.6) is 0 Å². The molecule has 1 aromatic carbocycles. The van der Waals surface area contributed by atoms with Gasteiger partial charge >= 0.3 is 0 Å². The second kappa shape index (κ2) is 7.85. The van der Waals surface area contributed by atoms with Gasteiger partial charge in [0.2, 0.25) is 0 Å². The average Bonchev–Trinajstić information content (AvgIpc) is 2.38. The SMILES string of the molecule is CC(C)CN=C(N)NCC(c1ccc(F)cc1)N(C)C. The van der Waals surface area contributed by atoms with Gasteiger partial charge in [0, 0.05) is 13.1 Å². The second-order valence-electron chi connectivity index (χ2n) is 5.53. The Balaban J connectivity index is 2.64. The highest BCUT2D eigenvalue weighted by atomic mass is 19.1. The Morgan fingerprint density at radius 1 is 1.30 bits per heavy atom. The summed E-state index contributed by atoms with van der Waals surface area (Å²) in [5.74, 6) is 0.710. The highest BCUT2D eigenvalue weighted by molar-refractivity contribution is 5.77. The van der Waals surface area contributed by atoms with Crippen molar-refractivity contribution in [2.75, 3.05) is 27.2 Å². The van der Waals surface area contributed by atoms with Gasteiger partial charge in [-0.25, -0.2) is 4.39 Å². The predicted octanol–water partition coefficient (Wildman–Crippen LogP) is 1.99. The van der Waals surface area contributed by atoms with Gasteiger partial charge in [0.15, 0.2) is 5.96 Å². The number of benzene rings is 1. The molecule has 20 heavy (non-hydrogen) atoms. The van der Waals surface area contributed by atoms with Gasteiger partial charge in [-0.2, -0.15) is 0 Å². The van der Waals surface area contributed by atoms with Gasteiger partial charge in [-0.15, -0.1) is 0 Å². The zero-order chi connectivity index (χ0) is 15.1. The molecule has 112 valence electrons. The molecule has 1 atom stereocenters. The van der Waals surface area contributed by atoms with Crippen molar-refractivity contribution in [3.8, 4) is 0 Å². The van der Waals surface area contributed by atoms with Crippen molar-refractivity contribution >= 4 is 5.96 Å². The maximum absolute atomic E-state index is 13.0. The molecule has 0 saturated heterocycles. The van der Waals surface area contributed by atoms with Gasteiger partial charge in [-0.05, 0) is 37.7 Å². The molecule has 1 rings (SSSR count). The van der Waals surface area contributed by atoms with Gasteiger partial charge in [0.05, 0.1) is 6.04 Å². The van der Waals surface area contributed by atoms with E-state index in [1.165, 1.54) is 12.1 Å². The first-order valence-electron chi connectivity index (χ1n) is 6.85. The molecule has 0 heterocycles. The molecule has 5 heteroatoms. The van der Waals surface area contributed by atoms with E-state index in [1.807, 2.05) is 14.1 Å². The minimum atomic E-state index is -0.225. The van der Waals surface area contributed by atoms with Crippen LogP contribution in [0.2, 0.25) is 0 Å². The minimum absolute atomic E-state index is 0.114. The third-order valence-electron chi connectivity index (χ3n) is 2.98. The summed E-state index contributed by atoms with van der Waals surface area (Å²) in [7, 11) is 3.97. The van der Waals surface area contributed by atoms with Crippen LogP contribution in [0.15, 0.2) is 29.3 Å². The molecule has 3 N–H and O–H groups in total. The first-order chi connectivity index (χ1) is 9.40. The summed E-state index contributed by atoms with van der Waals surface area (Å²) in [6, 6.07) is 6.65. The average molecular weight is 280 g/mol. The fraction of sp³-hybridized carbons (Fsp3) is 0.533. The van der Waals surface area contributed by atoms with Gasteiger partial charge < -0.3 is 16.0 Å². The van der Waals surface area contributed by atoms with Crippen LogP contribution in [0.3, 0.4) is 0 Å². The van der Waals surface area contributed by atoms with Crippen LogP contribution in [-0.4, -0.2) is 38.0 Å². The number of nitrogens with zero attached hydrogens (tertiary/aromatic N) is 2. The summed E-state index contributed by atoms with van der Waals surface area (Å²) in [5.41, 5.74) is 6.88. The Hall–Kier alpha value is -1.62. The third kappa shape index (κ3) is 5.57. The Morgan fingerprint density at radius 3 is 2.40 bits per heavy atom. The number of nitrogens with two attached hydrogens (primary N) is 1. The number of hydrogen-bond acceptors (Lipinski definition) is 2. The standard InChI is InChI=1S/C15H25FN4/c1-11(2)9-18-15(17)19-10-14(20(3)4)12-5-7-13(16)8-6-12/h5-8,11,14H,9-10H2,1-4H3,(H3,17,18,19). The lowest BCUT2D eigenvalue weighted by atomic mass is 10.1. The molecule has 0 aliphatic carbocycles. The molecule has 0 aliphatic rings. The fourth-order valence-electron chi connectivity index (χ4n) is 1.82. The van der Waals surface area contributed by atoms with Crippen molar-refractivity contribution in [2.24, 2.45) is 16.6 Å². The van der Waals surface area contributed by atoms with Crippen LogP contribution in [0.1, 0.15) is 25.5 Å². The number of guanidine groups is 1. The smallest absolute Gasteiger partial charge is 0.188 e. The van der Waals surface area contributed by atoms with E-state index in [4.69, 9.17) is 5.73 Å². The number of rotatable bonds is 6. The molecule has 1 aromatic rings. The lowest BCUT2D eigenvalue weighted by Gasteiger charge is -2.25. The lowest BCUT2D eigenvalue weighted by Crippen LogP contribution is -2.38. The Kier molecular flexibility index (Phi) is 6.45. The number of aliphatic imine (C=N–C) groups is 1. The van der Waals surface area contributed by atoms with Crippen LogP contribution in [-0.2, 0) is 0 Å². The second-order valence-corrected chi connectivity index (χ2v) is 5.53. The molecule has 0 saturated carbocycles. The molecule has 0 fully saturated rings. The summed E-state index contributed by atoms with van der Waals surface area (Å²) < 4.78 is 13.0. The first-order valence-corrected chi connectivity index (χ1v) is 6.85. The maximum Gasteiger partial charge on any atom is 0.188 e. The predicted molar refractivity (Wildman–Crippen MR) is 82.2 cm³/mol. The Bertz CT molecular complexity index is 426. The van der Waals surface area contributed by atoms with Crippen LogP contribution < -0.4 is 11.1 Å². The molecule has 0 aliphatic heterocycles. The molecular formula is C15H25FN4. The van der Waals surface area contributed by atoms with Crippen LogP contribution in [0.4, 0.5) is 4.39 Å². The molecule has 0 spiro atoms. The monoisotopic (exact) mass is 280 g/mol. The van der Waals surface area contributed by atoms with E-state index in [9.17, 15) is 4.39 Å². The summed E-state index contributed by atoms with van der Waals surface area (Å²) in [6.07, 6.45) is 0. The zero-order valence-corrected chi connectivity index (χ0v) is 12.7. The largest absolute Gasteiger partial charge is 0.370 e. The number of halogens is 1. The summed E-state index contributed by atoms with van der Waals surface area (Å²) in [4.78, 5) is 6.33. The van der Waals surface area contributed by atoms with Crippen molar-refractivity contribution in [2.45, 2.75) is 19.9 Å². The van der Waals surface area contributed by atoms with E-state index in [2.05, 4.69) is 29.1 Å². The van der Waals surface area contributed by atoms with E-state index in [1.54, 1.807) is 12.1 Å². The topological polar surface area (TPSA) is 53.6 Å². The number of nitrogens with one attached hydrogen (secondary N) is 1. The van der Waals surface area contributed by atoms with Crippen molar-refractivity contribution < 1.29 is 4.39 Å². The fourth-order valence-corrected chi connectivity index (χ4v) is 1.82. The van der Waals surface area contributed by atoms with E-state index in [0.717, 1.165) is 5.56 Å². The van der Waals surface area contributed by atoms with Crippen LogP contribution >= 0.6 is 0 Å². The van der Waals surface area contributed by atoms with Crippen molar-refractivity contribution in [1.29, 1.82) is 0 Å². The van der Waals surface area contributed by atoms with Gasteiger partial charge in [0.1, 0.15) is 5.82 Å². The highest BCUT2D eigenvalue weighted by Gasteiger charge is 2.14. The third-order valence-corrected chi connectivity index (χ3v) is 2.98. The molecule has 0 amide bonds. The molecule has 4 nitrogen and oxygen atoms in total. The minimum Gasteiger partial charge on any atom is -0.370 e. The first kappa shape index (κ1) is 16.4. The lowest BCUT2D eigenvalue weighted by molar-refractivity contribution is 0.298. The summed E-state index contributed by atoms with van der Waals surface area (Å²) in [5, 5.41) is 3.12. The van der Waals surface area contributed by atoms with Crippen LogP contribution in [0, 0.1) is 11.7 Å². The van der Waals surface area contributed by atoms with Gasteiger partial charge in [-0.1, -0.05) is 26.0 Å².